The lowest BCUT2D eigenvalue weighted by molar-refractivity contribution is -0.121. The van der Waals surface area contributed by atoms with Crippen LogP contribution in [-0.2, 0) is 14.8 Å². The van der Waals surface area contributed by atoms with Crippen LogP contribution >= 0.6 is 0 Å². The van der Waals surface area contributed by atoms with E-state index in [0.29, 0.717) is 30.8 Å². The van der Waals surface area contributed by atoms with Crippen LogP contribution in [0.15, 0.2) is 24.3 Å². The zero-order valence-electron chi connectivity index (χ0n) is 12.7. The van der Waals surface area contributed by atoms with Crippen LogP contribution in [-0.4, -0.2) is 39.6 Å². The molecular formula is C14H21N3O4S. The predicted molar refractivity (Wildman–Crippen MR) is 85.2 cm³/mol. The first kappa shape index (κ1) is 18.0. The fourth-order valence-corrected chi connectivity index (χ4v) is 2.26. The van der Waals surface area contributed by atoms with Gasteiger partial charge in [-0.15, -0.1) is 0 Å². The molecule has 0 aromatic heterocycles. The number of hydrogen-bond donors (Lipinski definition) is 3. The number of anilines is 1. The van der Waals surface area contributed by atoms with Crippen molar-refractivity contribution in [3.8, 4) is 0 Å². The second-order valence-corrected chi connectivity index (χ2v) is 6.56. The highest BCUT2D eigenvalue weighted by Crippen LogP contribution is 2.10. The average Bonchev–Trinajstić information content (AvgIpc) is 2.43. The molecule has 1 aromatic carbocycles. The quantitative estimate of drug-likeness (QED) is 0.611. The highest BCUT2D eigenvalue weighted by atomic mass is 32.2. The molecule has 0 atom stereocenters. The summed E-state index contributed by atoms with van der Waals surface area (Å²) in [5.74, 6) is -0.316. The second kappa shape index (κ2) is 8.38. The van der Waals surface area contributed by atoms with E-state index in [4.69, 9.17) is 0 Å². The molecule has 0 radical (unpaired) electrons. The van der Waals surface area contributed by atoms with E-state index in [0.717, 1.165) is 12.7 Å². The summed E-state index contributed by atoms with van der Waals surface area (Å²) in [5.41, 5.74) is 0.810. The minimum Gasteiger partial charge on any atom is -0.354 e. The number of benzene rings is 1. The van der Waals surface area contributed by atoms with Gasteiger partial charge in [-0.25, -0.2) is 8.42 Å². The summed E-state index contributed by atoms with van der Waals surface area (Å²) in [6, 6.07) is 6.08. The van der Waals surface area contributed by atoms with Gasteiger partial charge in [-0.1, -0.05) is 6.92 Å². The first-order chi connectivity index (χ1) is 10.3. The minimum absolute atomic E-state index is 0.0343. The van der Waals surface area contributed by atoms with Crippen molar-refractivity contribution in [1.29, 1.82) is 0 Å². The standard InChI is InChI=1S/C14H21N3O4S/c1-3-4-13(18)15-9-10-16-14(19)11-5-7-12(8-6-11)17-22(2,20)21/h5-8,17H,3-4,9-10H2,1-2H3,(H,15,18)(H,16,19). The maximum absolute atomic E-state index is 11.8. The van der Waals surface area contributed by atoms with E-state index in [2.05, 4.69) is 15.4 Å². The number of carbonyl (C=O) groups is 2. The summed E-state index contributed by atoms with van der Waals surface area (Å²) in [4.78, 5) is 23.1. The number of amides is 2. The maximum Gasteiger partial charge on any atom is 0.251 e. The Morgan fingerprint density at radius 3 is 2.18 bits per heavy atom. The molecule has 8 heteroatoms. The molecule has 0 aliphatic carbocycles. The van der Waals surface area contributed by atoms with Gasteiger partial charge in [-0.3, -0.25) is 14.3 Å². The van der Waals surface area contributed by atoms with Crippen LogP contribution in [0.4, 0.5) is 5.69 Å². The third kappa shape index (κ3) is 7.07. The van der Waals surface area contributed by atoms with Crippen molar-refractivity contribution >= 4 is 27.5 Å². The van der Waals surface area contributed by atoms with Crippen molar-refractivity contribution in [2.24, 2.45) is 0 Å². The summed E-state index contributed by atoms with van der Waals surface area (Å²) < 4.78 is 24.5. The molecule has 0 saturated carbocycles. The second-order valence-electron chi connectivity index (χ2n) is 4.81. The van der Waals surface area contributed by atoms with Crippen LogP contribution in [0.2, 0.25) is 0 Å². The topological polar surface area (TPSA) is 104 Å². The van der Waals surface area contributed by atoms with Crippen LogP contribution in [0.5, 0.6) is 0 Å². The lowest BCUT2D eigenvalue weighted by atomic mass is 10.2. The van der Waals surface area contributed by atoms with Crippen LogP contribution in [0, 0.1) is 0 Å². The molecule has 0 bridgehead atoms. The Morgan fingerprint density at radius 2 is 1.64 bits per heavy atom. The van der Waals surface area contributed by atoms with E-state index in [1.54, 1.807) is 0 Å². The van der Waals surface area contributed by atoms with E-state index >= 15 is 0 Å². The molecule has 1 aromatic rings. The molecule has 22 heavy (non-hydrogen) atoms. The number of hydrogen-bond acceptors (Lipinski definition) is 4. The molecule has 122 valence electrons. The van der Waals surface area contributed by atoms with Crippen molar-refractivity contribution < 1.29 is 18.0 Å². The van der Waals surface area contributed by atoms with Crippen LogP contribution in [0.3, 0.4) is 0 Å². The molecule has 0 aliphatic rings. The fourth-order valence-electron chi connectivity index (χ4n) is 1.70. The lowest BCUT2D eigenvalue weighted by Gasteiger charge is -2.08. The molecule has 3 N–H and O–H groups in total. The minimum atomic E-state index is -3.33. The Labute approximate surface area is 130 Å². The third-order valence-electron chi connectivity index (χ3n) is 2.66. The summed E-state index contributed by atoms with van der Waals surface area (Å²) in [5, 5.41) is 5.37. The van der Waals surface area contributed by atoms with Gasteiger partial charge in [0.2, 0.25) is 15.9 Å². The van der Waals surface area contributed by atoms with Crippen LogP contribution in [0.1, 0.15) is 30.1 Å². The Hall–Kier alpha value is -2.09. The van der Waals surface area contributed by atoms with Gasteiger partial charge in [-0.2, -0.15) is 0 Å². The molecule has 0 heterocycles. The fraction of sp³-hybridized carbons (Fsp3) is 0.429. The van der Waals surface area contributed by atoms with Crippen LogP contribution in [0.25, 0.3) is 0 Å². The SMILES string of the molecule is CCCC(=O)NCCNC(=O)c1ccc(NS(C)(=O)=O)cc1. The van der Waals surface area contributed by atoms with Gasteiger partial charge >= 0.3 is 0 Å². The Kier molecular flexibility index (Phi) is 6.84. The zero-order valence-corrected chi connectivity index (χ0v) is 13.5. The number of nitrogens with one attached hydrogen (secondary N) is 3. The van der Waals surface area contributed by atoms with Crippen molar-refractivity contribution in [3.63, 3.8) is 0 Å². The Morgan fingerprint density at radius 1 is 1.05 bits per heavy atom. The van der Waals surface area contributed by atoms with E-state index < -0.39 is 10.0 Å². The summed E-state index contributed by atoms with van der Waals surface area (Å²) in [6.45, 7) is 2.62. The smallest absolute Gasteiger partial charge is 0.251 e. The van der Waals surface area contributed by atoms with Gasteiger partial charge in [0.1, 0.15) is 0 Å². The number of rotatable bonds is 8. The van der Waals surface area contributed by atoms with Gasteiger partial charge in [0.15, 0.2) is 0 Å². The van der Waals surface area contributed by atoms with Crippen molar-refractivity contribution in [3.05, 3.63) is 29.8 Å². The van der Waals surface area contributed by atoms with E-state index in [1.807, 2.05) is 6.92 Å². The molecule has 1 rings (SSSR count). The average molecular weight is 327 g/mol. The van der Waals surface area contributed by atoms with Gasteiger partial charge in [0, 0.05) is 30.8 Å². The highest BCUT2D eigenvalue weighted by Gasteiger charge is 2.06. The summed E-state index contributed by atoms with van der Waals surface area (Å²) >= 11 is 0. The maximum atomic E-state index is 11.8. The highest BCUT2D eigenvalue weighted by molar-refractivity contribution is 7.92. The first-order valence-corrected chi connectivity index (χ1v) is 8.83. The van der Waals surface area contributed by atoms with Gasteiger partial charge in [0.25, 0.3) is 5.91 Å². The van der Waals surface area contributed by atoms with E-state index in [-0.39, 0.29) is 11.8 Å². The molecule has 0 saturated heterocycles. The van der Waals surface area contributed by atoms with Gasteiger partial charge in [-0.05, 0) is 30.7 Å². The monoisotopic (exact) mass is 327 g/mol. The Bertz CT molecular complexity index is 611. The van der Waals surface area contributed by atoms with Crippen LogP contribution < -0.4 is 15.4 Å². The number of carbonyl (C=O) groups excluding carboxylic acids is 2. The summed E-state index contributed by atoms with van der Waals surface area (Å²) in [7, 11) is -3.33. The molecule has 0 unspecified atom stereocenters. The van der Waals surface area contributed by atoms with Crippen molar-refractivity contribution in [2.75, 3.05) is 24.1 Å². The van der Waals surface area contributed by atoms with Crippen molar-refractivity contribution in [1.82, 2.24) is 10.6 Å². The molecule has 0 aliphatic heterocycles. The van der Waals surface area contributed by atoms with Gasteiger partial charge < -0.3 is 10.6 Å². The Balaban J connectivity index is 2.41. The van der Waals surface area contributed by atoms with E-state index in [1.165, 1.54) is 24.3 Å². The molecule has 0 spiro atoms. The van der Waals surface area contributed by atoms with Gasteiger partial charge in [0.05, 0.1) is 6.26 Å². The van der Waals surface area contributed by atoms with E-state index in [9.17, 15) is 18.0 Å². The predicted octanol–water partition coefficient (Wildman–Crippen LogP) is 0.704. The lowest BCUT2D eigenvalue weighted by Crippen LogP contribution is -2.34. The normalized spacial score (nSPS) is 10.8. The third-order valence-corrected chi connectivity index (χ3v) is 3.27. The summed E-state index contributed by atoms with van der Waals surface area (Å²) in [6.07, 6.45) is 2.31. The zero-order chi connectivity index (χ0) is 16.6. The molecule has 7 nitrogen and oxygen atoms in total. The molecule has 0 fully saturated rings. The molecular weight excluding hydrogens is 306 g/mol. The first-order valence-electron chi connectivity index (χ1n) is 6.94. The largest absolute Gasteiger partial charge is 0.354 e. The molecule has 2 amide bonds. The number of sulfonamides is 1. The van der Waals surface area contributed by atoms with Crippen molar-refractivity contribution in [2.45, 2.75) is 19.8 Å².